The Labute approximate surface area is 160 Å². The predicted molar refractivity (Wildman–Crippen MR) is 104 cm³/mol. The van der Waals surface area contributed by atoms with Crippen molar-refractivity contribution in [2.24, 2.45) is 0 Å². The standard InChI is InChI=1S/C19H15ClN6O/c1-12-6-8-13(9-7-12)19(27)25-24-17-14-10-23-26(18(14)22-11-21-17)16-5-3-2-4-15(16)20/h2-11H,1H3,(H,25,27)(H,21,22,24). The van der Waals surface area contributed by atoms with Gasteiger partial charge in [0, 0.05) is 5.56 Å². The average Bonchev–Trinajstić information content (AvgIpc) is 3.11. The number of anilines is 1. The van der Waals surface area contributed by atoms with E-state index in [0.29, 0.717) is 33.1 Å². The number of hydrogen-bond acceptors (Lipinski definition) is 5. The summed E-state index contributed by atoms with van der Waals surface area (Å²) in [6.07, 6.45) is 3.02. The second-order valence-corrected chi connectivity index (χ2v) is 6.32. The normalized spacial score (nSPS) is 10.7. The molecule has 4 rings (SSSR count). The monoisotopic (exact) mass is 378 g/mol. The number of aromatic nitrogens is 4. The second-order valence-electron chi connectivity index (χ2n) is 5.91. The molecule has 1 amide bonds. The average molecular weight is 379 g/mol. The molecular weight excluding hydrogens is 364 g/mol. The first-order valence-electron chi connectivity index (χ1n) is 8.20. The second kappa shape index (κ2) is 7.05. The molecule has 0 fully saturated rings. The van der Waals surface area contributed by atoms with Crippen molar-refractivity contribution in [1.29, 1.82) is 0 Å². The van der Waals surface area contributed by atoms with Gasteiger partial charge in [0.15, 0.2) is 11.5 Å². The van der Waals surface area contributed by atoms with E-state index in [9.17, 15) is 4.79 Å². The Balaban J connectivity index is 1.61. The molecule has 0 saturated heterocycles. The van der Waals surface area contributed by atoms with E-state index in [1.807, 2.05) is 37.3 Å². The van der Waals surface area contributed by atoms with Crippen molar-refractivity contribution in [3.63, 3.8) is 0 Å². The summed E-state index contributed by atoms with van der Waals surface area (Å²) in [5.74, 6) is 0.180. The maximum atomic E-state index is 12.3. The first-order valence-corrected chi connectivity index (χ1v) is 8.58. The van der Waals surface area contributed by atoms with Gasteiger partial charge >= 0.3 is 0 Å². The third-order valence-corrected chi connectivity index (χ3v) is 4.37. The quantitative estimate of drug-likeness (QED) is 0.530. The lowest BCUT2D eigenvalue weighted by molar-refractivity contribution is 0.0962. The number of fused-ring (bicyclic) bond motifs is 1. The molecule has 0 bridgehead atoms. The molecule has 27 heavy (non-hydrogen) atoms. The van der Waals surface area contributed by atoms with Crippen LogP contribution in [0, 0.1) is 6.92 Å². The van der Waals surface area contributed by atoms with Crippen LogP contribution in [0.15, 0.2) is 61.1 Å². The van der Waals surface area contributed by atoms with Gasteiger partial charge < -0.3 is 0 Å². The Kier molecular flexibility index (Phi) is 4.43. The van der Waals surface area contributed by atoms with Crippen LogP contribution in [-0.2, 0) is 0 Å². The number of carbonyl (C=O) groups is 1. The van der Waals surface area contributed by atoms with Crippen molar-refractivity contribution in [1.82, 2.24) is 25.2 Å². The molecular formula is C19H15ClN6O. The van der Waals surface area contributed by atoms with Crippen LogP contribution in [0.25, 0.3) is 16.7 Å². The number of nitrogens with zero attached hydrogens (tertiary/aromatic N) is 4. The highest BCUT2D eigenvalue weighted by atomic mass is 35.5. The minimum absolute atomic E-state index is 0.264. The third-order valence-electron chi connectivity index (χ3n) is 4.05. The Bertz CT molecular complexity index is 1120. The molecule has 2 aromatic heterocycles. The van der Waals surface area contributed by atoms with Crippen LogP contribution in [0.4, 0.5) is 5.82 Å². The van der Waals surface area contributed by atoms with E-state index in [0.717, 1.165) is 5.56 Å². The number of aryl methyl sites for hydroxylation is 1. The molecule has 2 N–H and O–H groups in total. The maximum Gasteiger partial charge on any atom is 0.269 e. The van der Waals surface area contributed by atoms with Crippen molar-refractivity contribution in [3.8, 4) is 5.69 Å². The van der Waals surface area contributed by atoms with Crippen LogP contribution in [0.5, 0.6) is 0 Å². The molecule has 2 aromatic carbocycles. The summed E-state index contributed by atoms with van der Waals surface area (Å²) in [5, 5.41) is 5.57. The fraction of sp³-hybridized carbons (Fsp3) is 0.0526. The molecule has 2 heterocycles. The number of rotatable bonds is 4. The van der Waals surface area contributed by atoms with Gasteiger partial charge in [0.25, 0.3) is 5.91 Å². The van der Waals surface area contributed by atoms with E-state index in [-0.39, 0.29) is 5.91 Å². The van der Waals surface area contributed by atoms with Gasteiger partial charge in [-0.1, -0.05) is 41.4 Å². The number of nitrogens with one attached hydrogen (secondary N) is 2. The largest absolute Gasteiger partial charge is 0.281 e. The first kappa shape index (κ1) is 17.0. The summed E-state index contributed by atoms with van der Waals surface area (Å²) >= 11 is 6.26. The smallest absolute Gasteiger partial charge is 0.269 e. The van der Waals surface area contributed by atoms with Crippen LogP contribution in [-0.4, -0.2) is 25.7 Å². The zero-order valence-corrected chi connectivity index (χ0v) is 15.1. The molecule has 0 unspecified atom stereocenters. The van der Waals surface area contributed by atoms with Gasteiger partial charge in [0.05, 0.1) is 22.3 Å². The van der Waals surface area contributed by atoms with Crippen molar-refractivity contribution in [2.75, 3.05) is 5.43 Å². The highest BCUT2D eigenvalue weighted by Crippen LogP contribution is 2.25. The number of para-hydroxylation sites is 1. The number of hydrogen-bond donors (Lipinski definition) is 2. The maximum absolute atomic E-state index is 12.3. The van der Waals surface area contributed by atoms with Gasteiger partial charge in [0.2, 0.25) is 0 Å². The lowest BCUT2D eigenvalue weighted by Gasteiger charge is -2.09. The van der Waals surface area contributed by atoms with Crippen molar-refractivity contribution in [3.05, 3.63) is 77.2 Å². The highest BCUT2D eigenvalue weighted by Gasteiger charge is 2.13. The number of hydrazine groups is 1. The van der Waals surface area contributed by atoms with Gasteiger partial charge in [-0.15, -0.1) is 0 Å². The molecule has 0 aliphatic rings. The van der Waals surface area contributed by atoms with Gasteiger partial charge in [-0.05, 0) is 31.2 Å². The van der Waals surface area contributed by atoms with Crippen LogP contribution < -0.4 is 10.9 Å². The van der Waals surface area contributed by atoms with Gasteiger partial charge in [-0.25, -0.2) is 14.6 Å². The van der Waals surface area contributed by atoms with Crippen LogP contribution in [0.3, 0.4) is 0 Å². The van der Waals surface area contributed by atoms with Crippen LogP contribution in [0.1, 0.15) is 15.9 Å². The highest BCUT2D eigenvalue weighted by molar-refractivity contribution is 6.32. The van der Waals surface area contributed by atoms with Gasteiger partial charge in [-0.3, -0.25) is 15.6 Å². The molecule has 0 aliphatic carbocycles. The summed E-state index contributed by atoms with van der Waals surface area (Å²) < 4.78 is 1.63. The Morgan fingerprint density at radius 2 is 1.85 bits per heavy atom. The SMILES string of the molecule is Cc1ccc(C(=O)NNc2ncnc3c2cnn3-c2ccccc2Cl)cc1. The molecule has 0 radical (unpaired) electrons. The summed E-state index contributed by atoms with van der Waals surface area (Å²) in [6, 6.07) is 14.6. The molecule has 4 aromatic rings. The molecule has 0 aliphatic heterocycles. The lowest BCUT2D eigenvalue weighted by atomic mass is 10.1. The van der Waals surface area contributed by atoms with E-state index in [4.69, 9.17) is 11.6 Å². The molecule has 0 atom stereocenters. The summed E-state index contributed by atoms with van der Waals surface area (Å²) in [4.78, 5) is 20.8. The number of benzene rings is 2. The number of carbonyl (C=O) groups excluding carboxylic acids is 1. The van der Waals surface area contributed by atoms with E-state index < -0.39 is 0 Å². The van der Waals surface area contributed by atoms with E-state index in [2.05, 4.69) is 25.9 Å². The van der Waals surface area contributed by atoms with Gasteiger partial charge in [0.1, 0.15) is 6.33 Å². The van der Waals surface area contributed by atoms with E-state index in [1.165, 1.54) is 6.33 Å². The molecule has 7 nitrogen and oxygen atoms in total. The Hall–Kier alpha value is -3.45. The summed E-state index contributed by atoms with van der Waals surface area (Å²) in [7, 11) is 0. The summed E-state index contributed by atoms with van der Waals surface area (Å²) in [6.45, 7) is 1.97. The minimum Gasteiger partial charge on any atom is -0.281 e. The number of halogens is 1. The zero-order valence-electron chi connectivity index (χ0n) is 14.3. The Morgan fingerprint density at radius 3 is 2.63 bits per heavy atom. The predicted octanol–water partition coefficient (Wildman–Crippen LogP) is 3.53. The van der Waals surface area contributed by atoms with Crippen molar-refractivity contribution in [2.45, 2.75) is 6.92 Å². The zero-order chi connectivity index (χ0) is 18.8. The third kappa shape index (κ3) is 3.32. The van der Waals surface area contributed by atoms with Crippen molar-refractivity contribution >= 4 is 34.4 Å². The van der Waals surface area contributed by atoms with E-state index in [1.54, 1.807) is 29.1 Å². The van der Waals surface area contributed by atoms with Gasteiger partial charge in [-0.2, -0.15) is 5.10 Å². The molecule has 0 spiro atoms. The lowest BCUT2D eigenvalue weighted by Crippen LogP contribution is -2.29. The topological polar surface area (TPSA) is 84.7 Å². The van der Waals surface area contributed by atoms with E-state index >= 15 is 0 Å². The molecule has 8 heteroatoms. The fourth-order valence-corrected chi connectivity index (χ4v) is 2.85. The van der Waals surface area contributed by atoms with Crippen LogP contribution >= 0.6 is 11.6 Å². The minimum atomic E-state index is -0.264. The van der Waals surface area contributed by atoms with Crippen LogP contribution in [0.2, 0.25) is 5.02 Å². The molecule has 134 valence electrons. The first-order chi connectivity index (χ1) is 13.1. The molecule has 0 saturated carbocycles. The van der Waals surface area contributed by atoms with Crippen molar-refractivity contribution < 1.29 is 4.79 Å². The Morgan fingerprint density at radius 1 is 1.07 bits per heavy atom. The number of amides is 1. The summed E-state index contributed by atoms with van der Waals surface area (Å²) in [5.41, 5.74) is 8.41. The fourth-order valence-electron chi connectivity index (χ4n) is 2.64.